The Hall–Kier alpha value is -1.90. The van der Waals surface area contributed by atoms with Crippen molar-refractivity contribution in [1.29, 1.82) is 0 Å². The van der Waals surface area contributed by atoms with Gasteiger partial charge in [0.2, 0.25) is 5.88 Å². The van der Waals surface area contributed by atoms with Gasteiger partial charge < -0.3 is 15.4 Å². The van der Waals surface area contributed by atoms with Gasteiger partial charge in [0.15, 0.2) is 5.96 Å². The number of pyridine rings is 2. The third-order valence-electron chi connectivity index (χ3n) is 3.42. The molecule has 0 aliphatic heterocycles. The summed E-state index contributed by atoms with van der Waals surface area (Å²) < 4.78 is 5.75. The molecule has 2 aromatic heterocycles. The Labute approximate surface area is 166 Å². The monoisotopic (exact) mass is 455 g/mol. The lowest BCUT2D eigenvalue weighted by Crippen LogP contribution is -2.36. The predicted octanol–water partition coefficient (Wildman–Crippen LogP) is 3.14. The number of ether oxygens (including phenoxy) is 1. The third-order valence-corrected chi connectivity index (χ3v) is 3.42. The van der Waals surface area contributed by atoms with E-state index in [0.717, 1.165) is 24.1 Å². The Balaban J connectivity index is 0.00000312. The van der Waals surface area contributed by atoms with Crippen LogP contribution in [0.3, 0.4) is 0 Å². The molecule has 0 fully saturated rings. The molecular formula is C18H26IN5O. The van der Waals surface area contributed by atoms with Crippen molar-refractivity contribution >= 4 is 29.9 Å². The molecule has 2 heterocycles. The lowest BCUT2D eigenvalue weighted by molar-refractivity contribution is 0.294. The number of unbranched alkanes of at least 4 members (excludes halogenated alkanes) is 1. The highest BCUT2D eigenvalue weighted by molar-refractivity contribution is 14.0. The van der Waals surface area contributed by atoms with Gasteiger partial charge in [-0.3, -0.25) is 9.98 Å². The highest BCUT2D eigenvalue weighted by Crippen LogP contribution is 2.14. The average Bonchev–Trinajstić information content (AvgIpc) is 2.64. The summed E-state index contributed by atoms with van der Waals surface area (Å²) >= 11 is 0. The van der Waals surface area contributed by atoms with E-state index in [2.05, 4.69) is 32.5 Å². The highest BCUT2D eigenvalue weighted by atomic mass is 127. The molecule has 0 radical (unpaired) electrons. The van der Waals surface area contributed by atoms with Gasteiger partial charge in [-0.15, -0.1) is 24.0 Å². The maximum Gasteiger partial charge on any atom is 0.218 e. The van der Waals surface area contributed by atoms with Gasteiger partial charge >= 0.3 is 0 Å². The van der Waals surface area contributed by atoms with E-state index in [1.165, 1.54) is 0 Å². The Morgan fingerprint density at radius 2 is 1.88 bits per heavy atom. The number of halogens is 1. The molecule has 0 atom stereocenters. The summed E-state index contributed by atoms with van der Waals surface area (Å²) in [6.07, 6.45) is 5.66. The molecule has 0 bridgehead atoms. The Morgan fingerprint density at radius 1 is 1.08 bits per heavy atom. The lowest BCUT2D eigenvalue weighted by Gasteiger charge is -2.14. The fourth-order valence-electron chi connectivity index (χ4n) is 2.08. The summed E-state index contributed by atoms with van der Waals surface area (Å²) in [4.78, 5) is 12.8. The van der Waals surface area contributed by atoms with E-state index >= 15 is 0 Å². The maximum absolute atomic E-state index is 5.75. The fourth-order valence-corrected chi connectivity index (χ4v) is 2.08. The number of aromatic nitrogens is 2. The molecule has 136 valence electrons. The van der Waals surface area contributed by atoms with E-state index in [4.69, 9.17) is 4.74 Å². The molecular weight excluding hydrogens is 429 g/mol. The molecule has 0 amide bonds. The Morgan fingerprint density at radius 3 is 2.60 bits per heavy atom. The maximum atomic E-state index is 5.75. The largest absolute Gasteiger partial charge is 0.477 e. The lowest BCUT2D eigenvalue weighted by atomic mass is 10.2. The smallest absolute Gasteiger partial charge is 0.218 e. The third kappa shape index (κ3) is 7.68. The van der Waals surface area contributed by atoms with Gasteiger partial charge in [-0.1, -0.05) is 25.5 Å². The van der Waals surface area contributed by atoms with Crippen molar-refractivity contribution < 1.29 is 4.74 Å². The van der Waals surface area contributed by atoms with E-state index in [9.17, 15) is 0 Å². The molecule has 0 saturated carbocycles. The molecule has 2 rings (SSSR count). The second kappa shape index (κ2) is 12.5. The predicted molar refractivity (Wildman–Crippen MR) is 111 cm³/mol. The van der Waals surface area contributed by atoms with Crippen LogP contribution in [0.2, 0.25) is 0 Å². The summed E-state index contributed by atoms with van der Waals surface area (Å²) in [5.74, 6) is 1.39. The standard InChI is InChI=1S/C18H25N5O.HI/c1-3-4-12-24-17-15(8-7-11-21-17)13-22-18(19-2)23-14-16-9-5-6-10-20-16;/h5-11H,3-4,12-14H2,1-2H3,(H2,19,22,23);1H. The van der Waals surface area contributed by atoms with Crippen molar-refractivity contribution in [2.45, 2.75) is 32.9 Å². The Bertz CT molecular complexity index is 636. The zero-order valence-electron chi connectivity index (χ0n) is 14.7. The van der Waals surface area contributed by atoms with E-state index < -0.39 is 0 Å². The molecule has 0 saturated heterocycles. The van der Waals surface area contributed by atoms with Gasteiger partial charge in [0.25, 0.3) is 0 Å². The molecule has 0 unspecified atom stereocenters. The van der Waals surface area contributed by atoms with Crippen LogP contribution < -0.4 is 15.4 Å². The van der Waals surface area contributed by atoms with Crippen molar-refractivity contribution in [3.8, 4) is 5.88 Å². The first-order valence-electron chi connectivity index (χ1n) is 8.24. The minimum atomic E-state index is 0. The molecule has 2 N–H and O–H groups in total. The van der Waals surface area contributed by atoms with Crippen LogP contribution in [0.4, 0.5) is 0 Å². The molecule has 7 heteroatoms. The van der Waals surface area contributed by atoms with Gasteiger partial charge in [0, 0.05) is 31.5 Å². The number of nitrogens with zero attached hydrogens (tertiary/aromatic N) is 3. The van der Waals surface area contributed by atoms with Crippen LogP contribution in [0.5, 0.6) is 5.88 Å². The van der Waals surface area contributed by atoms with E-state index in [-0.39, 0.29) is 24.0 Å². The number of hydrogen-bond acceptors (Lipinski definition) is 4. The highest BCUT2D eigenvalue weighted by Gasteiger charge is 2.06. The van der Waals surface area contributed by atoms with Gasteiger partial charge in [-0.05, 0) is 24.6 Å². The zero-order valence-corrected chi connectivity index (χ0v) is 17.1. The van der Waals surface area contributed by atoms with Crippen molar-refractivity contribution in [3.63, 3.8) is 0 Å². The molecule has 0 spiro atoms. The van der Waals surface area contributed by atoms with Gasteiger partial charge in [0.05, 0.1) is 18.8 Å². The zero-order chi connectivity index (χ0) is 17.0. The average molecular weight is 455 g/mol. The fraction of sp³-hybridized carbons (Fsp3) is 0.389. The summed E-state index contributed by atoms with van der Waals surface area (Å²) in [6.45, 7) is 4.04. The number of aliphatic imine (C=N–C) groups is 1. The minimum absolute atomic E-state index is 0. The molecule has 2 aromatic rings. The second-order valence-corrected chi connectivity index (χ2v) is 5.27. The summed E-state index contributed by atoms with van der Waals surface area (Å²) in [5.41, 5.74) is 1.97. The van der Waals surface area contributed by atoms with E-state index in [0.29, 0.717) is 31.5 Å². The van der Waals surface area contributed by atoms with Crippen LogP contribution in [0.1, 0.15) is 31.0 Å². The van der Waals surface area contributed by atoms with Crippen LogP contribution in [-0.4, -0.2) is 29.6 Å². The number of hydrogen-bond donors (Lipinski definition) is 2. The molecule has 0 aliphatic carbocycles. The van der Waals surface area contributed by atoms with Crippen molar-refractivity contribution in [2.24, 2.45) is 4.99 Å². The van der Waals surface area contributed by atoms with E-state index in [1.54, 1.807) is 19.4 Å². The first kappa shape index (κ1) is 21.1. The van der Waals surface area contributed by atoms with E-state index in [1.807, 2.05) is 30.3 Å². The first-order chi connectivity index (χ1) is 11.8. The van der Waals surface area contributed by atoms with Crippen molar-refractivity contribution in [3.05, 3.63) is 54.0 Å². The summed E-state index contributed by atoms with van der Waals surface area (Å²) in [6, 6.07) is 9.76. The topological polar surface area (TPSA) is 71.4 Å². The molecule has 25 heavy (non-hydrogen) atoms. The number of rotatable bonds is 8. The van der Waals surface area contributed by atoms with Gasteiger partial charge in [-0.2, -0.15) is 0 Å². The molecule has 6 nitrogen and oxygen atoms in total. The minimum Gasteiger partial charge on any atom is -0.477 e. The van der Waals surface area contributed by atoms with Crippen LogP contribution in [-0.2, 0) is 13.1 Å². The Kier molecular flexibility index (Phi) is 10.5. The summed E-state index contributed by atoms with van der Waals surface area (Å²) in [7, 11) is 1.75. The SMILES string of the molecule is CCCCOc1ncccc1CNC(=NC)NCc1ccccn1.I. The van der Waals surface area contributed by atoms with Crippen LogP contribution in [0.15, 0.2) is 47.7 Å². The molecule has 0 aliphatic rings. The van der Waals surface area contributed by atoms with Crippen LogP contribution >= 0.6 is 24.0 Å². The van der Waals surface area contributed by atoms with Crippen LogP contribution in [0, 0.1) is 0 Å². The van der Waals surface area contributed by atoms with Gasteiger partial charge in [0.1, 0.15) is 0 Å². The van der Waals surface area contributed by atoms with Crippen LogP contribution in [0.25, 0.3) is 0 Å². The quantitative estimate of drug-likeness (QED) is 0.277. The number of nitrogens with one attached hydrogen (secondary N) is 2. The summed E-state index contributed by atoms with van der Waals surface area (Å²) in [5, 5.41) is 6.52. The molecule has 0 aromatic carbocycles. The normalized spacial score (nSPS) is 10.7. The van der Waals surface area contributed by atoms with Crippen molar-refractivity contribution in [1.82, 2.24) is 20.6 Å². The first-order valence-corrected chi connectivity index (χ1v) is 8.24. The number of guanidine groups is 1. The second-order valence-electron chi connectivity index (χ2n) is 5.27. The van der Waals surface area contributed by atoms with Gasteiger partial charge in [-0.25, -0.2) is 4.98 Å². The van der Waals surface area contributed by atoms with Crippen molar-refractivity contribution in [2.75, 3.05) is 13.7 Å².